The Balaban J connectivity index is 1.37. The molecular formula is C56H52N2S4. The lowest BCUT2D eigenvalue weighted by Gasteiger charge is -2.20. The molecule has 0 spiro atoms. The smallest absolute Gasteiger partial charge is 0.0803 e. The molecule has 7 heterocycles. The van der Waals surface area contributed by atoms with Crippen LogP contribution in [-0.2, 0) is 21.7 Å². The van der Waals surface area contributed by atoms with Crippen molar-refractivity contribution in [1.29, 1.82) is 0 Å². The Morgan fingerprint density at radius 1 is 0.258 bits per heavy atom. The molecule has 0 unspecified atom stereocenters. The average Bonchev–Trinajstić information content (AvgIpc) is 4.05. The van der Waals surface area contributed by atoms with E-state index in [9.17, 15) is 0 Å². The molecule has 310 valence electrons. The number of rotatable bonds is 0. The van der Waals surface area contributed by atoms with E-state index < -0.39 is 0 Å². The third kappa shape index (κ3) is 6.42. The maximum Gasteiger partial charge on any atom is 0.0803 e. The summed E-state index contributed by atoms with van der Waals surface area (Å²) in [6, 6.07) is 38.0. The predicted molar refractivity (Wildman–Crippen MR) is 281 cm³/mol. The lowest BCUT2D eigenvalue weighted by molar-refractivity contribution is 0.591. The summed E-state index contributed by atoms with van der Waals surface area (Å²) in [6.07, 6.45) is 0. The van der Waals surface area contributed by atoms with Crippen molar-refractivity contribution in [2.45, 2.75) is 105 Å². The molecular weight excluding hydrogens is 829 g/mol. The van der Waals surface area contributed by atoms with Crippen molar-refractivity contribution >= 4 is 148 Å². The van der Waals surface area contributed by atoms with E-state index in [0.717, 1.165) is 22.1 Å². The van der Waals surface area contributed by atoms with Gasteiger partial charge in [0.05, 0.1) is 22.1 Å². The highest BCUT2D eigenvalue weighted by Crippen LogP contribution is 2.45. The molecule has 0 amide bonds. The average molecular weight is 881 g/mol. The second kappa shape index (κ2) is 13.4. The van der Waals surface area contributed by atoms with Gasteiger partial charge in [0.2, 0.25) is 0 Å². The normalized spacial score (nSPS) is 13.5. The van der Waals surface area contributed by atoms with Gasteiger partial charge in [-0.1, -0.05) is 83.1 Å². The van der Waals surface area contributed by atoms with Gasteiger partial charge < -0.3 is 0 Å². The minimum absolute atomic E-state index is 0.0349. The van der Waals surface area contributed by atoms with E-state index in [2.05, 4.69) is 180 Å². The van der Waals surface area contributed by atoms with Crippen LogP contribution < -0.4 is 0 Å². The van der Waals surface area contributed by atoms with E-state index in [4.69, 9.17) is 9.97 Å². The summed E-state index contributed by atoms with van der Waals surface area (Å²) < 4.78 is 10.1. The van der Waals surface area contributed by atoms with Crippen LogP contribution in [0.2, 0.25) is 0 Å². The van der Waals surface area contributed by atoms with Crippen molar-refractivity contribution in [3.8, 4) is 0 Å². The number of thiophene rings is 4. The Kier molecular flexibility index (Phi) is 8.66. The molecule has 11 rings (SSSR count). The fraction of sp³-hybridized carbons (Fsp3) is 0.286. The van der Waals surface area contributed by atoms with Crippen LogP contribution in [0.4, 0.5) is 0 Å². The molecule has 62 heavy (non-hydrogen) atoms. The topological polar surface area (TPSA) is 25.8 Å². The zero-order valence-electron chi connectivity index (χ0n) is 37.8. The Morgan fingerprint density at radius 2 is 0.435 bits per heavy atom. The molecule has 0 N–H and O–H groups in total. The summed E-state index contributed by atoms with van der Waals surface area (Å²) in [5.41, 5.74) is 9.54. The number of hydrogen-bond acceptors (Lipinski definition) is 6. The first-order chi connectivity index (χ1) is 29.2. The van der Waals surface area contributed by atoms with Crippen molar-refractivity contribution in [3.63, 3.8) is 0 Å². The van der Waals surface area contributed by atoms with E-state index in [-0.39, 0.29) is 21.7 Å². The standard InChI is InChI=1S/C56H52N2S4/c1-53(2,3)29-21-33-34-22-30(54(4,5)6)26-38-42-14-19-47(60-42)48-20-16-44(62-48)40-28-32(56(10,11)12)24-36-35-23-31(55(7,8)9)27-39(51(35)58-52(36)40)43-15-18-46(61-43)45-17-13-41(59-45)37(25-29)49(33)57-50(34)38/h13-28H,1-12H3. The van der Waals surface area contributed by atoms with Crippen LogP contribution in [0, 0.1) is 0 Å². The van der Waals surface area contributed by atoms with Crippen LogP contribution in [-0.4, -0.2) is 9.97 Å². The van der Waals surface area contributed by atoms with E-state index in [0.29, 0.717) is 0 Å². The third-order valence-corrected chi connectivity index (χ3v) is 17.8. The monoisotopic (exact) mass is 880 g/mol. The molecule has 12 bridgehead atoms. The van der Waals surface area contributed by atoms with E-state index in [1.807, 2.05) is 45.3 Å². The van der Waals surface area contributed by atoms with Crippen molar-refractivity contribution in [1.82, 2.24) is 9.97 Å². The molecule has 0 aliphatic carbocycles. The fourth-order valence-corrected chi connectivity index (χ4v) is 13.3. The van der Waals surface area contributed by atoms with Gasteiger partial charge in [-0.2, -0.15) is 0 Å². The second-order valence-corrected chi connectivity index (χ2v) is 25.9. The number of aromatic nitrogens is 2. The highest BCUT2D eigenvalue weighted by atomic mass is 32.1. The van der Waals surface area contributed by atoms with Crippen LogP contribution in [0.15, 0.2) is 97.1 Å². The van der Waals surface area contributed by atoms with Gasteiger partial charge >= 0.3 is 0 Å². The quantitative estimate of drug-likeness (QED) is 0.152. The van der Waals surface area contributed by atoms with Gasteiger partial charge in [0, 0.05) is 80.7 Å². The van der Waals surface area contributed by atoms with Crippen molar-refractivity contribution in [3.05, 3.63) is 119 Å². The van der Waals surface area contributed by atoms with Crippen LogP contribution in [0.3, 0.4) is 0 Å². The third-order valence-electron chi connectivity index (χ3n) is 12.9. The Morgan fingerprint density at radius 3 is 0.629 bits per heavy atom. The van der Waals surface area contributed by atoms with Crippen molar-refractivity contribution in [2.75, 3.05) is 0 Å². The Bertz CT molecular complexity index is 3290. The Hall–Kier alpha value is -4.72. The molecule has 0 saturated carbocycles. The molecule has 4 aromatic carbocycles. The van der Waals surface area contributed by atoms with Crippen LogP contribution in [0.25, 0.3) is 103 Å². The lowest BCUT2D eigenvalue weighted by atomic mass is 9.84. The summed E-state index contributed by atoms with van der Waals surface area (Å²) in [7, 11) is 0. The van der Waals surface area contributed by atoms with E-state index in [1.165, 1.54) is 103 Å². The second-order valence-electron chi connectivity index (χ2n) is 21.6. The Labute approximate surface area is 379 Å². The van der Waals surface area contributed by atoms with Gasteiger partial charge in [-0.05, 0) is 141 Å². The molecule has 6 heteroatoms. The highest BCUT2D eigenvalue weighted by Gasteiger charge is 2.24. The molecule has 2 nitrogen and oxygen atoms in total. The molecule has 0 aliphatic heterocycles. The van der Waals surface area contributed by atoms with Gasteiger partial charge in [0.1, 0.15) is 0 Å². The number of fused-ring (bicyclic) bond motifs is 16. The fourth-order valence-electron chi connectivity index (χ4n) is 9.01. The molecule has 0 atom stereocenters. The van der Waals surface area contributed by atoms with Crippen LogP contribution >= 0.6 is 45.3 Å². The first-order valence-electron chi connectivity index (χ1n) is 21.8. The zero-order valence-corrected chi connectivity index (χ0v) is 41.0. The summed E-state index contributed by atoms with van der Waals surface area (Å²) in [6.45, 7) is 28.0. The van der Waals surface area contributed by atoms with Gasteiger partial charge in [0.15, 0.2) is 0 Å². The zero-order chi connectivity index (χ0) is 43.4. The molecule has 0 saturated heterocycles. The highest BCUT2D eigenvalue weighted by molar-refractivity contribution is 7.32. The van der Waals surface area contributed by atoms with E-state index >= 15 is 0 Å². The minimum Gasteiger partial charge on any atom is -0.246 e. The van der Waals surface area contributed by atoms with Gasteiger partial charge in [-0.25, -0.2) is 9.97 Å². The lowest BCUT2D eigenvalue weighted by Crippen LogP contribution is -2.11. The minimum atomic E-state index is -0.0349. The molecule has 11 aromatic rings. The summed E-state index contributed by atoms with van der Waals surface area (Å²) in [4.78, 5) is 11.3. The maximum absolute atomic E-state index is 5.65. The van der Waals surface area contributed by atoms with Gasteiger partial charge in [0.25, 0.3) is 0 Å². The molecule has 0 fully saturated rings. The molecule has 7 aromatic heterocycles. The van der Waals surface area contributed by atoms with Gasteiger partial charge in [-0.3, -0.25) is 0 Å². The van der Waals surface area contributed by atoms with E-state index in [1.54, 1.807) is 0 Å². The number of benzene rings is 4. The maximum atomic E-state index is 5.65. The predicted octanol–water partition coefficient (Wildman–Crippen LogP) is 18.6. The SMILES string of the molecule is CC(C)(C)c1cc2c3ccc(s3)c3ccc(s3)c3cc(C(C)(C)C)cc4c5cc(C(C)(C)C)cc(c6ccc(s6)c6ccc(s6)c6cc(C(C)(C)C)cc7c(c1)c2nc67)c5nc34. The summed E-state index contributed by atoms with van der Waals surface area (Å²) in [5.74, 6) is 0. The first kappa shape index (κ1) is 40.1. The largest absolute Gasteiger partial charge is 0.246 e. The van der Waals surface area contributed by atoms with Crippen LogP contribution in [0.1, 0.15) is 105 Å². The summed E-state index contributed by atoms with van der Waals surface area (Å²) in [5, 5.41) is 9.86. The summed E-state index contributed by atoms with van der Waals surface area (Å²) >= 11 is 7.53. The number of hydrogen-bond donors (Lipinski definition) is 0. The number of nitrogens with zero attached hydrogens (tertiary/aromatic N) is 2. The van der Waals surface area contributed by atoms with Crippen molar-refractivity contribution in [2.24, 2.45) is 0 Å². The first-order valence-corrected chi connectivity index (χ1v) is 25.1. The van der Waals surface area contributed by atoms with Gasteiger partial charge in [-0.15, -0.1) is 45.3 Å². The molecule has 0 radical (unpaired) electrons. The van der Waals surface area contributed by atoms with Crippen LogP contribution in [0.5, 0.6) is 0 Å². The molecule has 0 aliphatic rings. The van der Waals surface area contributed by atoms with Crippen molar-refractivity contribution < 1.29 is 0 Å².